The van der Waals surface area contributed by atoms with Crippen LogP contribution in [0.25, 0.3) is 0 Å². The van der Waals surface area contributed by atoms with E-state index in [4.69, 9.17) is 14.9 Å². The number of nitrogens with two attached hydrogens (primary N) is 1. The van der Waals surface area contributed by atoms with Crippen LogP contribution in [0.1, 0.15) is 38.5 Å². The normalized spacial score (nSPS) is 27.3. The van der Waals surface area contributed by atoms with Gasteiger partial charge in [0.15, 0.2) is 13.9 Å². The zero-order valence-corrected chi connectivity index (χ0v) is 16.6. The van der Waals surface area contributed by atoms with E-state index in [9.17, 15) is 10.1 Å². The largest absolute Gasteiger partial charge is 0.414 e. The maximum atomic E-state index is 12.2. The number of nitriles is 1. The smallest absolute Gasteiger partial charge is 0.350 e. The molecule has 2 heterocycles. The maximum Gasteiger partial charge on any atom is 0.350 e. The van der Waals surface area contributed by atoms with Gasteiger partial charge in [-0.3, -0.25) is 4.57 Å². The van der Waals surface area contributed by atoms with E-state index in [1.807, 2.05) is 0 Å². The molecule has 1 aromatic rings. The number of ether oxygens (including phenoxy) is 1. The van der Waals surface area contributed by atoms with Crippen LogP contribution in [0.4, 0.5) is 5.82 Å². The summed E-state index contributed by atoms with van der Waals surface area (Å²) in [5, 5.41) is 9.73. The second-order valence-corrected chi connectivity index (χ2v) is 12.3. The lowest BCUT2D eigenvalue weighted by molar-refractivity contribution is 0.0596. The summed E-state index contributed by atoms with van der Waals surface area (Å²) in [5.41, 5.74) is 4.69. The lowest BCUT2D eigenvalue weighted by Crippen LogP contribution is -2.42. The van der Waals surface area contributed by atoms with Crippen LogP contribution >= 0.6 is 0 Å². The molecule has 1 aliphatic carbocycles. The van der Waals surface area contributed by atoms with Crippen LogP contribution in [0.3, 0.4) is 0 Å². The molecule has 1 aromatic heterocycles. The van der Waals surface area contributed by atoms with Crippen molar-refractivity contribution in [3.05, 3.63) is 22.7 Å². The zero-order chi connectivity index (χ0) is 18.8. The Kier molecular flexibility index (Phi) is 5.51. The summed E-state index contributed by atoms with van der Waals surface area (Å²) in [6, 6.07) is 3.79. The molecule has 1 saturated carbocycles. The van der Waals surface area contributed by atoms with E-state index >= 15 is 0 Å². The van der Waals surface area contributed by atoms with Gasteiger partial charge in [0.05, 0.1) is 25.4 Å². The Bertz CT molecular complexity index is 739. The Morgan fingerprint density at radius 3 is 2.85 bits per heavy atom. The third-order valence-electron chi connectivity index (χ3n) is 5.85. The predicted molar refractivity (Wildman–Crippen MR) is 101 cm³/mol. The molecule has 0 spiro atoms. The van der Waals surface area contributed by atoms with Crippen molar-refractivity contribution in [1.29, 1.82) is 5.26 Å². The van der Waals surface area contributed by atoms with Crippen LogP contribution < -0.4 is 11.4 Å². The molecule has 0 unspecified atom stereocenters. The van der Waals surface area contributed by atoms with Gasteiger partial charge < -0.3 is 14.9 Å². The molecule has 26 heavy (non-hydrogen) atoms. The SMILES string of the molecule is C[Si](C)(OC[C@@H]1C[C@@](C#N)(n2ccc(N)nc2=O)CO1)C1CCCCC1. The Morgan fingerprint density at radius 2 is 2.19 bits per heavy atom. The average Bonchev–Trinajstić information content (AvgIpc) is 3.05. The molecule has 0 bridgehead atoms. The van der Waals surface area contributed by atoms with Crippen LogP contribution in [0.2, 0.25) is 18.6 Å². The van der Waals surface area contributed by atoms with Gasteiger partial charge in [-0.15, -0.1) is 0 Å². The number of hydrogen-bond donors (Lipinski definition) is 1. The van der Waals surface area contributed by atoms with E-state index in [0.717, 1.165) is 0 Å². The van der Waals surface area contributed by atoms with Crippen LogP contribution in [-0.4, -0.2) is 37.2 Å². The molecular weight excluding hydrogens is 348 g/mol. The molecular formula is C18H28N4O3Si. The van der Waals surface area contributed by atoms with E-state index < -0.39 is 19.5 Å². The highest BCUT2D eigenvalue weighted by atomic mass is 28.4. The Morgan fingerprint density at radius 1 is 1.46 bits per heavy atom. The summed E-state index contributed by atoms with van der Waals surface area (Å²) in [6.45, 7) is 5.21. The number of anilines is 1. The average molecular weight is 377 g/mol. The molecule has 1 saturated heterocycles. The molecule has 0 amide bonds. The first-order valence-corrected chi connectivity index (χ1v) is 12.4. The highest BCUT2D eigenvalue weighted by Crippen LogP contribution is 2.38. The second-order valence-electron chi connectivity index (χ2n) is 8.03. The molecule has 2 atom stereocenters. The highest BCUT2D eigenvalue weighted by molar-refractivity contribution is 6.72. The molecule has 7 nitrogen and oxygen atoms in total. The van der Waals surface area contributed by atoms with Crippen LogP contribution in [0.5, 0.6) is 0 Å². The van der Waals surface area contributed by atoms with Crippen molar-refractivity contribution in [3.63, 3.8) is 0 Å². The van der Waals surface area contributed by atoms with Gasteiger partial charge >= 0.3 is 5.69 Å². The molecule has 3 rings (SSSR count). The number of aromatic nitrogens is 2. The monoisotopic (exact) mass is 376 g/mol. The van der Waals surface area contributed by atoms with Crippen molar-refractivity contribution >= 4 is 14.1 Å². The van der Waals surface area contributed by atoms with Crippen molar-refractivity contribution in [2.45, 2.75) is 68.8 Å². The minimum Gasteiger partial charge on any atom is -0.414 e. The number of rotatable bonds is 5. The van der Waals surface area contributed by atoms with Gasteiger partial charge in [-0.25, -0.2) is 4.79 Å². The standard InChI is InChI=1S/C18H28N4O3Si/c1-26(2,15-6-4-3-5-7-15)25-11-14-10-18(12-19,13-24-14)22-9-8-16(20)21-17(22)23/h8-9,14-15H,3-7,10-11,13H2,1-2H3,(H2,20,21,23)/t14-,18-/m0/s1. The van der Waals surface area contributed by atoms with Gasteiger partial charge in [-0.1, -0.05) is 32.1 Å². The quantitative estimate of drug-likeness (QED) is 0.792. The summed E-state index contributed by atoms with van der Waals surface area (Å²) >= 11 is 0. The Balaban J connectivity index is 1.65. The van der Waals surface area contributed by atoms with Gasteiger partial charge in [0, 0.05) is 12.6 Å². The minimum atomic E-state index is -1.78. The third kappa shape index (κ3) is 3.85. The fraction of sp³-hybridized carbons (Fsp3) is 0.722. The fourth-order valence-corrected chi connectivity index (χ4v) is 6.77. The Labute approximate surface area is 155 Å². The molecule has 142 valence electrons. The molecule has 8 heteroatoms. The number of hydrogen-bond acceptors (Lipinski definition) is 6. The first-order chi connectivity index (χ1) is 12.4. The number of nitrogen functional groups attached to an aromatic ring is 1. The molecule has 2 N–H and O–H groups in total. The molecule has 0 aromatic carbocycles. The van der Waals surface area contributed by atoms with Gasteiger partial charge in [-0.05, 0) is 24.7 Å². The first kappa shape index (κ1) is 19.1. The van der Waals surface area contributed by atoms with E-state index in [-0.39, 0.29) is 18.5 Å². The molecule has 0 radical (unpaired) electrons. The molecule has 2 fully saturated rings. The second kappa shape index (κ2) is 7.51. The zero-order valence-electron chi connectivity index (χ0n) is 15.6. The van der Waals surface area contributed by atoms with Crippen molar-refractivity contribution in [2.75, 3.05) is 18.9 Å². The van der Waals surface area contributed by atoms with Crippen molar-refractivity contribution in [3.8, 4) is 6.07 Å². The van der Waals surface area contributed by atoms with Crippen molar-refractivity contribution < 1.29 is 9.16 Å². The predicted octanol–water partition coefficient (Wildman–Crippen LogP) is 2.39. The third-order valence-corrected chi connectivity index (χ3v) is 9.30. The van der Waals surface area contributed by atoms with Gasteiger partial charge in [0.2, 0.25) is 0 Å². The summed E-state index contributed by atoms with van der Waals surface area (Å²) in [6.07, 6.45) is 8.23. The lowest BCUT2D eigenvalue weighted by atomic mass is 9.97. The van der Waals surface area contributed by atoms with Crippen LogP contribution in [0, 0.1) is 11.3 Å². The lowest BCUT2D eigenvalue weighted by Gasteiger charge is -2.35. The van der Waals surface area contributed by atoms with Gasteiger partial charge in [-0.2, -0.15) is 10.2 Å². The van der Waals surface area contributed by atoms with Gasteiger partial charge in [0.1, 0.15) is 5.82 Å². The van der Waals surface area contributed by atoms with Crippen molar-refractivity contribution in [2.24, 2.45) is 0 Å². The van der Waals surface area contributed by atoms with E-state index in [1.165, 1.54) is 48.9 Å². The summed E-state index contributed by atoms with van der Waals surface area (Å²) in [7, 11) is -1.78. The maximum absolute atomic E-state index is 12.2. The highest BCUT2D eigenvalue weighted by Gasteiger charge is 2.44. The topological polar surface area (TPSA) is 103 Å². The molecule has 1 aliphatic heterocycles. The van der Waals surface area contributed by atoms with E-state index in [1.54, 1.807) is 0 Å². The summed E-state index contributed by atoms with van der Waals surface area (Å²) in [5.74, 6) is 0.151. The first-order valence-electron chi connectivity index (χ1n) is 9.39. The van der Waals surface area contributed by atoms with E-state index in [0.29, 0.717) is 18.6 Å². The van der Waals surface area contributed by atoms with Crippen molar-refractivity contribution in [1.82, 2.24) is 9.55 Å². The van der Waals surface area contributed by atoms with Crippen LogP contribution in [0.15, 0.2) is 17.1 Å². The fourth-order valence-electron chi connectivity index (χ4n) is 4.12. The Hall–Kier alpha value is -1.69. The minimum absolute atomic E-state index is 0.151. The van der Waals surface area contributed by atoms with E-state index in [2.05, 4.69) is 24.1 Å². The summed E-state index contributed by atoms with van der Waals surface area (Å²) in [4.78, 5) is 15.9. The van der Waals surface area contributed by atoms with Crippen LogP contribution in [-0.2, 0) is 14.7 Å². The summed E-state index contributed by atoms with van der Waals surface area (Å²) < 4.78 is 13.5. The molecule has 2 aliphatic rings. The van der Waals surface area contributed by atoms with Gasteiger partial charge in [0.25, 0.3) is 0 Å². The number of nitrogens with zero attached hydrogens (tertiary/aromatic N) is 3.